The van der Waals surface area contributed by atoms with Crippen LogP contribution in [0.5, 0.6) is 0 Å². The van der Waals surface area contributed by atoms with Crippen LogP contribution in [0.25, 0.3) is 0 Å². The highest BCUT2D eigenvalue weighted by Gasteiger charge is 2.38. The van der Waals surface area contributed by atoms with E-state index in [9.17, 15) is 14.4 Å². The maximum absolute atomic E-state index is 12.8. The Morgan fingerprint density at radius 3 is 2.22 bits per heavy atom. The number of methoxy groups -OCH3 is 1. The number of benzene rings is 2. The van der Waals surface area contributed by atoms with Gasteiger partial charge in [0.25, 0.3) is 11.8 Å². The number of hydrogen-bond donors (Lipinski definition) is 0. The van der Waals surface area contributed by atoms with Gasteiger partial charge < -0.3 is 9.64 Å². The van der Waals surface area contributed by atoms with Crippen molar-refractivity contribution in [2.45, 2.75) is 31.9 Å². The van der Waals surface area contributed by atoms with Crippen molar-refractivity contribution in [2.75, 3.05) is 38.2 Å². The number of para-hydroxylation sites is 1. The third-order valence-electron chi connectivity index (χ3n) is 6.37. The molecule has 4 rings (SSSR count). The smallest absolute Gasteiger partial charge is 0.261 e. The van der Waals surface area contributed by atoms with E-state index in [2.05, 4.69) is 4.90 Å². The van der Waals surface area contributed by atoms with Gasteiger partial charge in [-0.15, -0.1) is 0 Å². The summed E-state index contributed by atoms with van der Waals surface area (Å²) < 4.78 is 5.81. The summed E-state index contributed by atoms with van der Waals surface area (Å²) in [6.07, 6.45) is 1.01. The Hall–Kier alpha value is -3.03. The van der Waals surface area contributed by atoms with Gasteiger partial charge in [0.15, 0.2) is 0 Å². The molecule has 1 fully saturated rings. The molecule has 2 aromatic carbocycles. The lowest BCUT2D eigenvalue weighted by molar-refractivity contribution is -0.120. The Morgan fingerprint density at radius 1 is 1.00 bits per heavy atom. The van der Waals surface area contributed by atoms with Crippen molar-refractivity contribution in [1.29, 1.82) is 0 Å². The molecule has 0 radical (unpaired) electrons. The van der Waals surface area contributed by atoms with Gasteiger partial charge in [-0.25, -0.2) is 0 Å². The van der Waals surface area contributed by atoms with E-state index in [0.29, 0.717) is 37.2 Å². The van der Waals surface area contributed by atoms with Gasteiger partial charge in [-0.3, -0.25) is 24.2 Å². The molecule has 0 saturated carbocycles. The van der Waals surface area contributed by atoms with Gasteiger partial charge in [-0.1, -0.05) is 37.3 Å². The summed E-state index contributed by atoms with van der Waals surface area (Å²) in [5, 5.41) is 0. The molecular formula is C25H29N3O4. The molecule has 0 aromatic heterocycles. The van der Waals surface area contributed by atoms with Crippen LogP contribution in [-0.2, 0) is 9.53 Å². The number of carbonyl (C=O) groups excluding carboxylic acids is 3. The summed E-state index contributed by atoms with van der Waals surface area (Å²) >= 11 is 0. The molecule has 2 heterocycles. The molecule has 2 aliphatic heterocycles. The fourth-order valence-corrected chi connectivity index (χ4v) is 4.66. The predicted molar refractivity (Wildman–Crippen MR) is 122 cm³/mol. The summed E-state index contributed by atoms with van der Waals surface area (Å²) in [5.41, 5.74) is 1.83. The molecular weight excluding hydrogens is 406 g/mol. The van der Waals surface area contributed by atoms with E-state index in [1.54, 1.807) is 31.4 Å². The Morgan fingerprint density at radius 2 is 1.62 bits per heavy atom. The highest BCUT2D eigenvalue weighted by molar-refractivity contribution is 6.21. The summed E-state index contributed by atoms with van der Waals surface area (Å²) in [7, 11) is 1.67. The molecule has 2 aromatic rings. The zero-order valence-electron chi connectivity index (χ0n) is 18.6. The zero-order chi connectivity index (χ0) is 22.7. The standard InChI is InChI=1S/C25H29N3O4/c1-3-23(29)28(18-9-5-4-6-10-18)21-13-14-26(17-22(21)32-2)15-16-27-24(30)19-11-7-8-12-20(19)25(27)31/h4-12,21-22H,3,13-17H2,1-2H3/t21-,22+/m1/s1. The van der Waals surface area contributed by atoms with E-state index in [0.717, 1.165) is 18.7 Å². The van der Waals surface area contributed by atoms with Gasteiger partial charge in [0.1, 0.15) is 0 Å². The number of fused-ring (bicyclic) bond motifs is 1. The van der Waals surface area contributed by atoms with Gasteiger partial charge in [0, 0.05) is 45.4 Å². The molecule has 0 unspecified atom stereocenters. The van der Waals surface area contributed by atoms with Crippen LogP contribution in [0.3, 0.4) is 0 Å². The molecule has 0 aliphatic carbocycles. The summed E-state index contributed by atoms with van der Waals surface area (Å²) in [5.74, 6) is -0.386. The molecule has 3 amide bonds. The minimum atomic E-state index is -0.229. The summed E-state index contributed by atoms with van der Waals surface area (Å²) in [6.45, 7) is 4.17. The summed E-state index contributed by atoms with van der Waals surface area (Å²) in [6, 6.07) is 16.6. The fraction of sp³-hybridized carbons (Fsp3) is 0.400. The van der Waals surface area contributed by atoms with Crippen LogP contribution < -0.4 is 4.90 Å². The molecule has 7 heteroatoms. The van der Waals surface area contributed by atoms with Gasteiger partial charge in [0.2, 0.25) is 5.91 Å². The van der Waals surface area contributed by atoms with Crippen molar-refractivity contribution in [3.05, 3.63) is 65.7 Å². The van der Waals surface area contributed by atoms with Gasteiger partial charge in [-0.2, -0.15) is 0 Å². The van der Waals surface area contributed by atoms with E-state index in [-0.39, 0.29) is 29.9 Å². The second-order valence-electron chi connectivity index (χ2n) is 8.19. The zero-order valence-corrected chi connectivity index (χ0v) is 18.6. The largest absolute Gasteiger partial charge is 0.378 e. The van der Waals surface area contributed by atoms with Crippen LogP contribution in [0, 0.1) is 0 Å². The number of amides is 3. The minimum Gasteiger partial charge on any atom is -0.378 e. The maximum atomic E-state index is 12.8. The molecule has 7 nitrogen and oxygen atoms in total. The van der Waals surface area contributed by atoms with Crippen molar-refractivity contribution >= 4 is 23.4 Å². The molecule has 2 atom stereocenters. The molecule has 1 saturated heterocycles. The average molecular weight is 436 g/mol. The Bertz CT molecular complexity index is 959. The van der Waals surface area contributed by atoms with Crippen LogP contribution in [0.15, 0.2) is 54.6 Å². The van der Waals surface area contributed by atoms with Crippen LogP contribution in [0.4, 0.5) is 5.69 Å². The monoisotopic (exact) mass is 435 g/mol. The number of anilines is 1. The number of likely N-dealkylation sites (tertiary alicyclic amines) is 1. The number of rotatable bonds is 7. The highest BCUT2D eigenvalue weighted by atomic mass is 16.5. The summed E-state index contributed by atoms with van der Waals surface area (Å²) in [4.78, 5) is 43.5. The number of piperidine rings is 1. The molecule has 2 aliphatic rings. The van der Waals surface area contributed by atoms with Crippen LogP contribution in [0.2, 0.25) is 0 Å². The lowest BCUT2D eigenvalue weighted by Gasteiger charge is -2.43. The Kier molecular flexibility index (Phi) is 6.67. The maximum Gasteiger partial charge on any atom is 0.261 e. The number of carbonyl (C=O) groups is 3. The second-order valence-corrected chi connectivity index (χ2v) is 8.19. The van der Waals surface area contributed by atoms with Gasteiger partial charge in [-0.05, 0) is 30.7 Å². The fourth-order valence-electron chi connectivity index (χ4n) is 4.66. The Balaban J connectivity index is 1.42. The van der Waals surface area contributed by atoms with E-state index in [4.69, 9.17) is 4.74 Å². The minimum absolute atomic E-state index is 0.0644. The van der Waals surface area contributed by atoms with E-state index < -0.39 is 0 Å². The Labute approximate surface area is 188 Å². The molecule has 0 spiro atoms. The number of hydrogen-bond acceptors (Lipinski definition) is 5. The first-order chi connectivity index (χ1) is 15.5. The van der Waals surface area contributed by atoms with Crippen LogP contribution in [-0.4, -0.2) is 73.0 Å². The van der Waals surface area contributed by atoms with Crippen molar-refractivity contribution in [3.8, 4) is 0 Å². The third kappa shape index (κ3) is 4.18. The van der Waals surface area contributed by atoms with Crippen LogP contribution >= 0.6 is 0 Å². The predicted octanol–water partition coefficient (Wildman–Crippen LogP) is 2.82. The topological polar surface area (TPSA) is 70.2 Å². The molecule has 0 bridgehead atoms. The normalized spacial score (nSPS) is 21.0. The van der Waals surface area contributed by atoms with E-state index >= 15 is 0 Å². The van der Waals surface area contributed by atoms with E-state index in [1.807, 2.05) is 42.2 Å². The number of nitrogens with zero attached hydrogens (tertiary/aromatic N) is 3. The first-order valence-electron chi connectivity index (χ1n) is 11.1. The molecule has 168 valence electrons. The average Bonchev–Trinajstić information content (AvgIpc) is 3.08. The van der Waals surface area contributed by atoms with Crippen molar-refractivity contribution in [3.63, 3.8) is 0 Å². The van der Waals surface area contributed by atoms with Gasteiger partial charge >= 0.3 is 0 Å². The van der Waals surface area contributed by atoms with Crippen molar-refractivity contribution in [2.24, 2.45) is 0 Å². The second kappa shape index (κ2) is 9.63. The lowest BCUT2D eigenvalue weighted by atomic mass is 9.98. The third-order valence-corrected chi connectivity index (χ3v) is 6.37. The van der Waals surface area contributed by atoms with Crippen molar-refractivity contribution in [1.82, 2.24) is 9.80 Å². The number of ether oxygens (including phenoxy) is 1. The molecule has 0 N–H and O–H groups in total. The quantitative estimate of drug-likeness (QED) is 0.626. The first kappa shape index (κ1) is 22.2. The van der Waals surface area contributed by atoms with E-state index in [1.165, 1.54) is 4.90 Å². The van der Waals surface area contributed by atoms with Gasteiger partial charge in [0.05, 0.1) is 23.3 Å². The lowest BCUT2D eigenvalue weighted by Crippen LogP contribution is -2.57. The highest BCUT2D eigenvalue weighted by Crippen LogP contribution is 2.27. The SMILES string of the molecule is CCC(=O)N(c1ccccc1)[C@@H]1CCN(CCN2C(=O)c3ccccc3C2=O)C[C@@H]1OC. The number of imide groups is 1. The first-order valence-corrected chi connectivity index (χ1v) is 11.1. The molecule has 32 heavy (non-hydrogen) atoms. The van der Waals surface area contributed by atoms with Crippen LogP contribution in [0.1, 0.15) is 40.5 Å². The van der Waals surface area contributed by atoms with Crippen molar-refractivity contribution < 1.29 is 19.1 Å².